The maximum absolute atomic E-state index is 13.5. The van der Waals surface area contributed by atoms with E-state index >= 15 is 0 Å². The second-order valence-electron chi connectivity index (χ2n) is 5.18. The zero-order chi connectivity index (χ0) is 16.8. The van der Waals surface area contributed by atoms with Crippen LogP contribution in [0.2, 0.25) is 0 Å². The molecule has 3 nitrogen and oxygen atoms in total. The number of quaternary nitrogens is 1. The third-order valence-corrected chi connectivity index (χ3v) is 4.06. The van der Waals surface area contributed by atoms with E-state index in [1.54, 1.807) is 0 Å². The minimum atomic E-state index is -0.653. The first-order valence-electron chi connectivity index (χ1n) is 7.33. The highest BCUT2D eigenvalue weighted by Gasteiger charge is 2.15. The molecular formula is C17H18BrF2N2O+. The van der Waals surface area contributed by atoms with Crippen molar-refractivity contribution in [1.82, 2.24) is 0 Å². The summed E-state index contributed by atoms with van der Waals surface area (Å²) in [7, 11) is 0. The van der Waals surface area contributed by atoms with E-state index in [0.29, 0.717) is 0 Å². The molecule has 1 atom stereocenters. The number of anilines is 1. The van der Waals surface area contributed by atoms with Gasteiger partial charge in [-0.25, -0.2) is 8.78 Å². The molecule has 0 saturated heterocycles. The van der Waals surface area contributed by atoms with Crippen LogP contribution < -0.4 is 10.6 Å². The number of carbonyl (C=O) groups excluding carboxylic acids is 1. The fourth-order valence-corrected chi connectivity index (χ4v) is 2.56. The summed E-state index contributed by atoms with van der Waals surface area (Å²) in [5, 5.41) is 4.28. The summed E-state index contributed by atoms with van der Waals surface area (Å²) in [4.78, 5) is 11.9. The predicted octanol–water partition coefficient (Wildman–Crippen LogP) is 3.38. The zero-order valence-corrected chi connectivity index (χ0v) is 14.2. The molecule has 0 aromatic heterocycles. The average molecular weight is 384 g/mol. The zero-order valence-electron chi connectivity index (χ0n) is 12.7. The molecule has 0 heterocycles. The molecule has 0 aliphatic carbocycles. The van der Waals surface area contributed by atoms with Crippen LogP contribution in [0.1, 0.15) is 24.9 Å². The summed E-state index contributed by atoms with van der Waals surface area (Å²) in [5.41, 5.74) is 0.973. The Balaban J connectivity index is 1.94. The Bertz CT molecular complexity index is 677. The molecule has 122 valence electrons. The fraction of sp³-hybridized carbons (Fsp3) is 0.235. The minimum Gasteiger partial charge on any atom is -0.332 e. The maximum Gasteiger partial charge on any atom is 0.279 e. The van der Waals surface area contributed by atoms with Gasteiger partial charge in [0.15, 0.2) is 6.54 Å². The molecule has 0 spiro atoms. The number of nitrogens with one attached hydrogen (secondary N) is 1. The van der Waals surface area contributed by atoms with Crippen molar-refractivity contribution in [3.05, 3.63) is 64.1 Å². The SMILES string of the molecule is CC[C@@H]([NH2+]CC(=O)Nc1cc(F)ccc1F)c1ccc(Br)cc1. The number of rotatable bonds is 6. The van der Waals surface area contributed by atoms with Gasteiger partial charge in [0.25, 0.3) is 5.91 Å². The molecular weight excluding hydrogens is 366 g/mol. The van der Waals surface area contributed by atoms with Crippen LogP contribution >= 0.6 is 15.9 Å². The molecule has 2 aromatic carbocycles. The highest BCUT2D eigenvalue weighted by atomic mass is 79.9. The van der Waals surface area contributed by atoms with Gasteiger partial charge in [-0.1, -0.05) is 35.0 Å². The maximum atomic E-state index is 13.5. The Morgan fingerprint density at radius 2 is 1.91 bits per heavy atom. The van der Waals surface area contributed by atoms with Gasteiger partial charge in [-0.05, 0) is 24.3 Å². The number of hydrogen-bond acceptors (Lipinski definition) is 1. The van der Waals surface area contributed by atoms with Crippen molar-refractivity contribution < 1.29 is 18.9 Å². The molecule has 0 fully saturated rings. The van der Waals surface area contributed by atoms with Gasteiger partial charge in [0.2, 0.25) is 0 Å². The lowest BCUT2D eigenvalue weighted by Crippen LogP contribution is -2.87. The van der Waals surface area contributed by atoms with Gasteiger partial charge in [0.1, 0.15) is 17.7 Å². The van der Waals surface area contributed by atoms with Crippen molar-refractivity contribution in [2.75, 3.05) is 11.9 Å². The minimum absolute atomic E-state index is 0.129. The third kappa shape index (κ3) is 5.11. The van der Waals surface area contributed by atoms with Crippen LogP contribution in [-0.2, 0) is 4.79 Å². The van der Waals surface area contributed by atoms with Crippen LogP contribution in [0.25, 0.3) is 0 Å². The van der Waals surface area contributed by atoms with Crippen LogP contribution in [0, 0.1) is 11.6 Å². The Morgan fingerprint density at radius 3 is 2.57 bits per heavy atom. The first-order chi connectivity index (χ1) is 11.0. The largest absolute Gasteiger partial charge is 0.332 e. The van der Waals surface area contributed by atoms with E-state index in [4.69, 9.17) is 0 Å². The lowest BCUT2D eigenvalue weighted by Gasteiger charge is -2.14. The smallest absolute Gasteiger partial charge is 0.279 e. The standard InChI is InChI=1S/C17H17BrF2N2O/c1-2-15(11-3-5-12(18)6-4-11)21-10-17(23)22-16-9-13(19)7-8-14(16)20/h3-9,15,21H,2,10H2,1H3,(H,22,23)/p+1/t15-/m1/s1. The van der Waals surface area contributed by atoms with Crippen LogP contribution in [0.5, 0.6) is 0 Å². The summed E-state index contributed by atoms with van der Waals surface area (Å²) in [6, 6.07) is 11.0. The Hall–Kier alpha value is -1.79. The van der Waals surface area contributed by atoms with Gasteiger partial charge in [-0.2, -0.15) is 0 Å². The Labute approximate surface area is 142 Å². The van der Waals surface area contributed by atoms with Crippen LogP contribution in [-0.4, -0.2) is 12.5 Å². The number of hydrogen-bond donors (Lipinski definition) is 2. The predicted molar refractivity (Wildman–Crippen MR) is 89.0 cm³/mol. The highest BCUT2D eigenvalue weighted by molar-refractivity contribution is 9.10. The van der Waals surface area contributed by atoms with E-state index in [9.17, 15) is 13.6 Å². The topological polar surface area (TPSA) is 45.7 Å². The first kappa shape index (κ1) is 17.6. The van der Waals surface area contributed by atoms with Gasteiger partial charge in [0.05, 0.1) is 5.69 Å². The molecule has 3 N–H and O–H groups in total. The lowest BCUT2D eigenvalue weighted by molar-refractivity contribution is -0.686. The van der Waals surface area contributed by atoms with Crippen molar-refractivity contribution in [3.8, 4) is 0 Å². The average Bonchev–Trinajstić information content (AvgIpc) is 2.53. The van der Waals surface area contributed by atoms with E-state index < -0.39 is 11.6 Å². The molecule has 2 aromatic rings. The number of benzene rings is 2. The molecule has 0 aliphatic heterocycles. The number of amides is 1. The third-order valence-electron chi connectivity index (χ3n) is 3.53. The normalized spacial score (nSPS) is 12.0. The van der Waals surface area contributed by atoms with Crippen molar-refractivity contribution in [2.45, 2.75) is 19.4 Å². The fourth-order valence-electron chi connectivity index (χ4n) is 2.29. The summed E-state index contributed by atoms with van der Waals surface area (Å²) in [5.74, 6) is -1.61. The molecule has 0 aliphatic rings. The lowest BCUT2D eigenvalue weighted by atomic mass is 10.0. The second-order valence-corrected chi connectivity index (χ2v) is 6.09. The molecule has 0 bridgehead atoms. The van der Waals surface area contributed by atoms with E-state index in [-0.39, 0.29) is 24.2 Å². The van der Waals surface area contributed by atoms with E-state index in [2.05, 4.69) is 21.2 Å². The van der Waals surface area contributed by atoms with Crippen molar-refractivity contribution in [3.63, 3.8) is 0 Å². The van der Waals surface area contributed by atoms with Crippen LogP contribution in [0.4, 0.5) is 14.5 Å². The summed E-state index contributed by atoms with van der Waals surface area (Å²) >= 11 is 3.39. The van der Waals surface area contributed by atoms with Crippen molar-refractivity contribution in [2.24, 2.45) is 0 Å². The van der Waals surface area contributed by atoms with E-state index in [1.807, 2.05) is 36.5 Å². The summed E-state index contributed by atoms with van der Waals surface area (Å²) in [6.45, 7) is 2.16. The molecule has 23 heavy (non-hydrogen) atoms. The van der Waals surface area contributed by atoms with Gasteiger partial charge >= 0.3 is 0 Å². The van der Waals surface area contributed by atoms with E-state index in [1.165, 1.54) is 0 Å². The van der Waals surface area contributed by atoms with Gasteiger partial charge < -0.3 is 10.6 Å². The van der Waals surface area contributed by atoms with Crippen LogP contribution in [0.15, 0.2) is 46.9 Å². The number of carbonyl (C=O) groups is 1. The molecule has 6 heteroatoms. The Kier molecular flexibility index (Phi) is 6.24. The summed E-state index contributed by atoms with van der Waals surface area (Å²) in [6.07, 6.45) is 0.850. The second kappa shape index (κ2) is 8.17. The molecule has 1 amide bonds. The van der Waals surface area contributed by atoms with Crippen molar-refractivity contribution in [1.29, 1.82) is 0 Å². The Morgan fingerprint density at radius 1 is 1.22 bits per heavy atom. The molecule has 2 rings (SSSR count). The first-order valence-corrected chi connectivity index (χ1v) is 8.12. The summed E-state index contributed by atoms with van der Waals surface area (Å²) < 4.78 is 27.6. The van der Waals surface area contributed by atoms with E-state index in [0.717, 1.165) is 34.7 Å². The van der Waals surface area contributed by atoms with Gasteiger partial charge in [-0.3, -0.25) is 4.79 Å². The van der Waals surface area contributed by atoms with Crippen LogP contribution in [0.3, 0.4) is 0 Å². The van der Waals surface area contributed by atoms with Gasteiger partial charge in [0, 0.05) is 22.5 Å². The van der Waals surface area contributed by atoms with Crippen molar-refractivity contribution >= 4 is 27.5 Å². The number of halogens is 3. The quantitative estimate of drug-likeness (QED) is 0.788. The van der Waals surface area contributed by atoms with Gasteiger partial charge in [-0.15, -0.1) is 0 Å². The molecule has 0 radical (unpaired) electrons. The number of nitrogens with two attached hydrogens (primary N) is 1. The molecule has 0 unspecified atom stereocenters. The molecule has 0 saturated carbocycles. The monoisotopic (exact) mass is 383 g/mol. The highest BCUT2D eigenvalue weighted by Crippen LogP contribution is 2.17.